The van der Waals surface area contributed by atoms with E-state index in [4.69, 9.17) is 10.5 Å². The summed E-state index contributed by atoms with van der Waals surface area (Å²) in [4.78, 5) is 27.3. The van der Waals surface area contributed by atoms with E-state index < -0.39 is 0 Å². The van der Waals surface area contributed by atoms with E-state index in [0.29, 0.717) is 32.8 Å². The fraction of sp³-hybridized carbons (Fsp3) is 0.833. The number of hydrogen-bond acceptors (Lipinski definition) is 5. The molecule has 1 saturated heterocycles. The molecular weight excluding hydrogens is 248 g/mol. The van der Waals surface area contributed by atoms with E-state index in [2.05, 4.69) is 5.32 Å². The van der Waals surface area contributed by atoms with Gasteiger partial charge < -0.3 is 20.7 Å². The van der Waals surface area contributed by atoms with Crippen molar-refractivity contribution in [2.45, 2.75) is 12.5 Å². The van der Waals surface area contributed by atoms with Crippen LogP contribution in [0.5, 0.6) is 0 Å². The molecule has 0 aromatic carbocycles. The second-order valence-electron chi connectivity index (χ2n) is 4.63. The quantitative estimate of drug-likeness (QED) is 0.598. The first-order valence-electron chi connectivity index (χ1n) is 6.57. The van der Waals surface area contributed by atoms with Gasteiger partial charge in [-0.1, -0.05) is 0 Å². The van der Waals surface area contributed by atoms with E-state index >= 15 is 0 Å². The first kappa shape index (κ1) is 15.9. The highest BCUT2D eigenvalue weighted by atomic mass is 16.5. The Bertz CT molecular complexity index is 311. The second kappa shape index (κ2) is 8.08. The molecule has 1 rings (SSSR count). The minimum absolute atomic E-state index is 0.00394. The average Bonchev–Trinajstić information content (AvgIpc) is 2.44. The van der Waals surface area contributed by atoms with Crippen LogP contribution in [0.15, 0.2) is 0 Å². The molecule has 1 atom stereocenters. The molecule has 1 heterocycles. The summed E-state index contributed by atoms with van der Waals surface area (Å²) in [6.07, 6.45) is 0.782. The summed E-state index contributed by atoms with van der Waals surface area (Å²) in [7, 11) is 3.34. The molecule has 0 aromatic rings. The molecule has 0 saturated carbocycles. The number of carbonyl (C=O) groups is 2. The lowest BCUT2D eigenvalue weighted by Gasteiger charge is -2.34. The summed E-state index contributed by atoms with van der Waals surface area (Å²) in [5, 5.41) is 2.60. The maximum Gasteiger partial charge on any atom is 0.239 e. The standard InChI is InChI=1S/C12H24N4O3/c1-14-12(18)10-9-19-7-6-16(10)8-11(17)15(2)5-3-4-13/h10H,3-9,13H2,1-2H3,(H,14,18). The van der Waals surface area contributed by atoms with Gasteiger partial charge in [-0.25, -0.2) is 0 Å². The SMILES string of the molecule is CNC(=O)C1COCCN1CC(=O)N(C)CCCN. The van der Waals surface area contributed by atoms with Crippen molar-refractivity contribution in [3.8, 4) is 0 Å². The van der Waals surface area contributed by atoms with E-state index in [9.17, 15) is 9.59 Å². The number of rotatable bonds is 6. The van der Waals surface area contributed by atoms with E-state index in [0.717, 1.165) is 6.42 Å². The number of amides is 2. The zero-order chi connectivity index (χ0) is 14.3. The van der Waals surface area contributed by atoms with Crippen molar-refractivity contribution in [1.29, 1.82) is 0 Å². The van der Waals surface area contributed by atoms with Crippen LogP contribution in [-0.2, 0) is 14.3 Å². The summed E-state index contributed by atoms with van der Waals surface area (Å²) >= 11 is 0. The molecular formula is C12H24N4O3. The average molecular weight is 272 g/mol. The summed E-state index contributed by atoms with van der Waals surface area (Å²) in [6.45, 7) is 2.92. The van der Waals surface area contributed by atoms with Gasteiger partial charge in [-0.2, -0.15) is 0 Å². The third-order valence-electron chi connectivity index (χ3n) is 3.25. The lowest BCUT2D eigenvalue weighted by Crippen LogP contribution is -2.55. The van der Waals surface area contributed by atoms with Crippen LogP contribution in [0, 0.1) is 0 Å². The van der Waals surface area contributed by atoms with Crippen molar-refractivity contribution >= 4 is 11.8 Å². The van der Waals surface area contributed by atoms with Crippen LogP contribution < -0.4 is 11.1 Å². The molecule has 0 bridgehead atoms. The molecule has 3 N–H and O–H groups in total. The fourth-order valence-electron chi connectivity index (χ4n) is 1.98. The molecule has 1 fully saturated rings. The number of ether oxygens (including phenoxy) is 1. The first-order chi connectivity index (χ1) is 9.10. The van der Waals surface area contributed by atoms with Gasteiger partial charge in [0.1, 0.15) is 6.04 Å². The van der Waals surface area contributed by atoms with E-state index in [1.165, 1.54) is 0 Å². The molecule has 1 aliphatic heterocycles. The van der Waals surface area contributed by atoms with Gasteiger partial charge in [0.25, 0.3) is 0 Å². The van der Waals surface area contributed by atoms with Crippen molar-refractivity contribution < 1.29 is 14.3 Å². The van der Waals surface area contributed by atoms with Crippen LogP contribution in [-0.4, -0.2) is 81.1 Å². The Kier molecular flexibility index (Phi) is 6.75. The Labute approximate surface area is 114 Å². The third kappa shape index (κ3) is 4.77. The van der Waals surface area contributed by atoms with Crippen molar-refractivity contribution in [2.24, 2.45) is 5.73 Å². The highest BCUT2D eigenvalue weighted by Gasteiger charge is 2.30. The van der Waals surface area contributed by atoms with Crippen molar-refractivity contribution in [3.63, 3.8) is 0 Å². The van der Waals surface area contributed by atoms with Gasteiger partial charge in [0, 0.05) is 27.2 Å². The lowest BCUT2D eigenvalue weighted by atomic mass is 10.2. The molecule has 2 amide bonds. The summed E-state index contributed by atoms with van der Waals surface area (Å²) in [5.41, 5.74) is 5.42. The topological polar surface area (TPSA) is 87.9 Å². The van der Waals surface area contributed by atoms with E-state index in [1.54, 1.807) is 19.0 Å². The van der Waals surface area contributed by atoms with Gasteiger partial charge in [-0.15, -0.1) is 0 Å². The van der Waals surface area contributed by atoms with Crippen LogP contribution in [0.2, 0.25) is 0 Å². The number of likely N-dealkylation sites (N-methyl/N-ethyl adjacent to an activating group) is 2. The molecule has 7 heteroatoms. The number of nitrogens with one attached hydrogen (secondary N) is 1. The molecule has 110 valence electrons. The maximum atomic E-state index is 12.0. The Morgan fingerprint density at radius 2 is 2.26 bits per heavy atom. The van der Waals surface area contributed by atoms with E-state index in [-0.39, 0.29) is 24.4 Å². The van der Waals surface area contributed by atoms with Crippen molar-refractivity contribution in [3.05, 3.63) is 0 Å². The molecule has 7 nitrogen and oxygen atoms in total. The van der Waals surface area contributed by atoms with Crippen molar-refractivity contribution in [1.82, 2.24) is 15.1 Å². The Morgan fingerprint density at radius 1 is 1.53 bits per heavy atom. The van der Waals surface area contributed by atoms with Crippen LogP contribution in [0.1, 0.15) is 6.42 Å². The Hall–Kier alpha value is -1.18. The molecule has 1 aliphatic rings. The van der Waals surface area contributed by atoms with Crippen LogP contribution >= 0.6 is 0 Å². The van der Waals surface area contributed by atoms with Crippen molar-refractivity contribution in [2.75, 3.05) is 53.5 Å². The molecule has 0 aromatic heterocycles. The van der Waals surface area contributed by atoms with Gasteiger partial charge in [0.05, 0.1) is 19.8 Å². The second-order valence-corrected chi connectivity index (χ2v) is 4.63. The number of carbonyl (C=O) groups excluding carboxylic acids is 2. The minimum atomic E-state index is -0.384. The molecule has 19 heavy (non-hydrogen) atoms. The minimum Gasteiger partial charge on any atom is -0.378 e. The predicted octanol–water partition coefficient (Wildman–Crippen LogP) is -1.76. The normalized spacial score (nSPS) is 20.1. The highest BCUT2D eigenvalue weighted by molar-refractivity contribution is 5.83. The zero-order valence-electron chi connectivity index (χ0n) is 11.7. The predicted molar refractivity (Wildman–Crippen MR) is 71.6 cm³/mol. The monoisotopic (exact) mass is 272 g/mol. The molecule has 0 aliphatic carbocycles. The first-order valence-corrected chi connectivity index (χ1v) is 6.57. The third-order valence-corrected chi connectivity index (χ3v) is 3.25. The number of hydrogen-bond donors (Lipinski definition) is 2. The number of morpholine rings is 1. The van der Waals surface area contributed by atoms with Gasteiger partial charge in [-0.05, 0) is 13.0 Å². The summed E-state index contributed by atoms with van der Waals surface area (Å²) < 4.78 is 5.30. The van der Waals surface area contributed by atoms with Gasteiger partial charge >= 0.3 is 0 Å². The van der Waals surface area contributed by atoms with E-state index in [1.807, 2.05) is 4.90 Å². The zero-order valence-corrected chi connectivity index (χ0v) is 11.7. The van der Waals surface area contributed by atoms with Gasteiger partial charge in [-0.3, -0.25) is 14.5 Å². The highest BCUT2D eigenvalue weighted by Crippen LogP contribution is 2.07. The number of nitrogens with two attached hydrogens (primary N) is 1. The number of nitrogens with zero attached hydrogens (tertiary/aromatic N) is 2. The fourth-order valence-corrected chi connectivity index (χ4v) is 1.98. The maximum absolute atomic E-state index is 12.0. The Balaban J connectivity index is 2.52. The Morgan fingerprint density at radius 3 is 2.89 bits per heavy atom. The lowest BCUT2D eigenvalue weighted by molar-refractivity contribution is -0.138. The van der Waals surface area contributed by atoms with Crippen LogP contribution in [0.4, 0.5) is 0 Å². The smallest absolute Gasteiger partial charge is 0.239 e. The van der Waals surface area contributed by atoms with Gasteiger partial charge in [0.15, 0.2) is 0 Å². The van der Waals surface area contributed by atoms with Crippen LogP contribution in [0.3, 0.4) is 0 Å². The molecule has 0 spiro atoms. The molecule has 0 radical (unpaired) electrons. The summed E-state index contributed by atoms with van der Waals surface area (Å²) in [6, 6.07) is -0.384. The molecule has 1 unspecified atom stereocenters. The van der Waals surface area contributed by atoms with Crippen LogP contribution in [0.25, 0.3) is 0 Å². The summed E-state index contributed by atoms with van der Waals surface area (Å²) in [5.74, 6) is -0.110. The largest absolute Gasteiger partial charge is 0.378 e. The van der Waals surface area contributed by atoms with Gasteiger partial charge in [0.2, 0.25) is 11.8 Å².